The van der Waals surface area contributed by atoms with Crippen molar-refractivity contribution in [3.8, 4) is 0 Å². The maximum absolute atomic E-state index is 14.0. The number of rotatable bonds is 13. The Kier molecular flexibility index (Phi) is 10.5. The van der Waals surface area contributed by atoms with Crippen LogP contribution < -0.4 is 9.62 Å². The molecule has 38 heavy (non-hydrogen) atoms. The fourth-order valence-electron chi connectivity index (χ4n) is 4.21. The molecule has 0 fully saturated rings. The van der Waals surface area contributed by atoms with Crippen molar-refractivity contribution in [3.63, 3.8) is 0 Å². The molecular weight excluding hydrogens is 498 g/mol. The van der Waals surface area contributed by atoms with Gasteiger partial charge in [0.15, 0.2) is 0 Å². The number of benzene rings is 3. The third-order valence-electron chi connectivity index (χ3n) is 6.33. The molecular formula is C30H37N3O4S. The lowest BCUT2D eigenvalue weighted by molar-refractivity contribution is -0.140. The van der Waals surface area contributed by atoms with Crippen molar-refractivity contribution in [2.24, 2.45) is 0 Å². The van der Waals surface area contributed by atoms with Gasteiger partial charge in [0.2, 0.25) is 21.8 Å². The lowest BCUT2D eigenvalue weighted by Gasteiger charge is -2.33. The van der Waals surface area contributed by atoms with Crippen LogP contribution in [0, 0.1) is 0 Å². The Morgan fingerprint density at radius 3 is 1.92 bits per heavy atom. The number of hydrogen-bond donors (Lipinski definition) is 1. The molecule has 0 bridgehead atoms. The topological polar surface area (TPSA) is 86.8 Å². The zero-order valence-electron chi connectivity index (χ0n) is 22.3. The van der Waals surface area contributed by atoms with Crippen molar-refractivity contribution in [2.45, 2.75) is 45.7 Å². The standard InChI is InChI=1S/C30H37N3O4S/c1-4-20-31-30(35)28(21-25-12-8-6-9-13-25)32(22-26-14-10-7-11-15-26)29(34)23-33(38(3,36)37)27-18-16-24(5-2)17-19-27/h6-19,28H,4-5,20-23H2,1-3H3,(H,31,35). The number of sulfonamides is 1. The van der Waals surface area contributed by atoms with Crippen LogP contribution in [0.5, 0.6) is 0 Å². The summed E-state index contributed by atoms with van der Waals surface area (Å²) in [6, 6.07) is 25.3. The van der Waals surface area contributed by atoms with E-state index in [0.717, 1.165) is 40.1 Å². The highest BCUT2D eigenvalue weighted by Gasteiger charge is 2.32. The molecule has 2 amide bonds. The first-order valence-electron chi connectivity index (χ1n) is 12.9. The second kappa shape index (κ2) is 13.8. The minimum atomic E-state index is -3.77. The summed E-state index contributed by atoms with van der Waals surface area (Å²) in [5.74, 6) is -0.718. The van der Waals surface area contributed by atoms with Gasteiger partial charge in [-0.2, -0.15) is 0 Å². The van der Waals surface area contributed by atoms with Gasteiger partial charge < -0.3 is 10.2 Å². The van der Waals surface area contributed by atoms with Crippen LogP contribution in [0.15, 0.2) is 84.9 Å². The van der Waals surface area contributed by atoms with E-state index in [1.54, 1.807) is 12.1 Å². The van der Waals surface area contributed by atoms with Crippen LogP contribution in [-0.2, 0) is 39.0 Å². The third-order valence-corrected chi connectivity index (χ3v) is 7.47. The Morgan fingerprint density at radius 2 is 1.39 bits per heavy atom. The van der Waals surface area contributed by atoms with Crippen LogP contribution in [0.4, 0.5) is 5.69 Å². The second-order valence-corrected chi connectivity index (χ2v) is 11.2. The molecule has 0 saturated heterocycles. The molecule has 202 valence electrons. The van der Waals surface area contributed by atoms with E-state index in [1.807, 2.05) is 86.6 Å². The van der Waals surface area contributed by atoms with Crippen molar-refractivity contribution in [2.75, 3.05) is 23.7 Å². The van der Waals surface area contributed by atoms with Gasteiger partial charge in [-0.1, -0.05) is 86.6 Å². The molecule has 0 spiro atoms. The van der Waals surface area contributed by atoms with E-state index in [9.17, 15) is 18.0 Å². The average Bonchev–Trinajstić information content (AvgIpc) is 2.92. The van der Waals surface area contributed by atoms with Crippen molar-refractivity contribution in [3.05, 3.63) is 102 Å². The van der Waals surface area contributed by atoms with E-state index in [-0.39, 0.29) is 12.5 Å². The molecule has 1 N–H and O–H groups in total. The number of nitrogens with zero attached hydrogens (tertiary/aromatic N) is 2. The fraction of sp³-hybridized carbons (Fsp3) is 0.333. The highest BCUT2D eigenvalue weighted by Crippen LogP contribution is 2.21. The second-order valence-electron chi connectivity index (χ2n) is 9.29. The van der Waals surface area contributed by atoms with Gasteiger partial charge in [-0.15, -0.1) is 0 Å². The monoisotopic (exact) mass is 535 g/mol. The first kappa shape index (κ1) is 28.9. The van der Waals surface area contributed by atoms with Gasteiger partial charge in [0.05, 0.1) is 11.9 Å². The SMILES string of the molecule is CCCNC(=O)C(Cc1ccccc1)N(Cc1ccccc1)C(=O)CN(c1ccc(CC)cc1)S(C)(=O)=O. The zero-order chi connectivity index (χ0) is 27.5. The van der Waals surface area contributed by atoms with Gasteiger partial charge in [-0.05, 0) is 41.7 Å². The summed E-state index contributed by atoms with van der Waals surface area (Å²) in [6.45, 7) is 4.22. The molecule has 3 aromatic carbocycles. The van der Waals surface area contributed by atoms with Crippen molar-refractivity contribution in [1.82, 2.24) is 10.2 Å². The predicted octanol–water partition coefficient (Wildman–Crippen LogP) is 4.18. The Hall–Kier alpha value is -3.65. The quantitative estimate of drug-likeness (QED) is 0.356. The van der Waals surface area contributed by atoms with E-state index in [0.29, 0.717) is 18.7 Å². The number of nitrogens with one attached hydrogen (secondary N) is 1. The number of hydrogen-bond acceptors (Lipinski definition) is 4. The van der Waals surface area contributed by atoms with Crippen LogP contribution in [0.1, 0.15) is 37.0 Å². The summed E-state index contributed by atoms with van der Waals surface area (Å²) in [5, 5.41) is 2.94. The number of carbonyl (C=O) groups excluding carboxylic acids is 2. The van der Waals surface area contributed by atoms with E-state index in [2.05, 4.69) is 5.32 Å². The van der Waals surface area contributed by atoms with Crippen LogP contribution in [0.2, 0.25) is 0 Å². The Labute approximate surface area is 226 Å². The Morgan fingerprint density at radius 1 is 0.816 bits per heavy atom. The average molecular weight is 536 g/mol. The van der Waals surface area contributed by atoms with Crippen molar-refractivity contribution in [1.29, 1.82) is 0 Å². The minimum Gasteiger partial charge on any atom is -0.354 e. The Balaban J connectivity index is 2.00. The molecule has 0 saturated carbocycles. The van der Waals surface area contributed by atoms with Crippen LogP contribution >= 0.6 is 0 Å². The molecule has 7 nitrogen and oxygen atoms in total. The molecule has 0 aliphatic heterocycles. The number of anilines is 1. The molecule has 0 aliphatic carbocycles. The van der Waals surface area contributed by atoms with Gasteiger partial charge >= 0.3 is 0 Å². The van der Waals surface area contributed by atoms with E-state index < -0.39 is 28.5 Å². The van der Waals surface area contributed by atoms with E-state index in [4.69, 9.17) is 0 Å². The molecule has 1 unspecified atom stereocenters. The molecule has 0 aromatic heterocycles. The van der Waals surface area contributed by atoms with Crippen LogP contribution in [0.3, 0.4) is 0 Å². The van der Waals surface area contributed by atoms with Gasteiger partial charge in [0, 0.05) is 19.5 Å². The summed E-state index contributed by atoms with van der Waals surface area (Å²) in [7, 11) is -3.77. The van der Waals surface area contributed by atoms with E-state index >= 15 is 0 Å². The van der Waals surface area contributed by atoms with Crippen molar-refractivity contribution < 1.29 is 18.0 Å². The zero-order valence-corrected chi connectivity index (χ0v) is 23.2. The Bertz CT molecular complexity index is 1280. The fourth-order valence-corrected chi connectivity index (χ4v) is 5.06. The lowest BCUT2D eigenvalue weighted by Crippen LogP contribution is -2.53. The summed E-state index contributed by atoms with van der Waals surface area (Å²) >= 11 is 0. The highest BCUT2D eigenvalue weighted by atomic mass is 32.2. The first-order valence-corrected chi connectivity index (χ1v) is 14.8. The van der Waals surface area contributed by atoms with Crippen LogP contribution in [-0.4, -0.2) is 50.5 Å². The molecule has 1 atom stereocenters. The number of carbonyl (C=O) groups is 2. The van der Waals surface area contributed by atoms with Crippen LogP contribution in [0.25, 0.3) is 0 Å². The van der Waals surface area contributed by atoms with Gasteiger partial charge in [0.1, 0.15) is 12.6 Å². The lowest BCUT2D eigenvalue weighted by atomic mass is 10.0. The first-order chi connectivity index (χ1) is 18.2. The molecule has 0 radical (unpaired) electrons. The smallest absolute Gasteiger partial charge is 0.244 e. The number of amides is 2. The van der Waals surface area contributed by atoms with E-state index in [1.165, 1.54) is 4.90 Å². The molecule has 8 heteroatoms. The highest BCUT2D eigenvalue weighted by molar-refractivity contribution is 7.92. The van der Waals surface area contributed by atoms with Crippen molar-refractivity contribution >= 4 is 27.5 Å². The van der Waals surface area contributed by atoms with Gasteiger partial charge in [0.25, 0.3) is 0 Å². The summed E-state index contributed by atoms with van der Waals surface area (Å²) in [5.41, 5.74) is 3.23. The predicted molar refractivity (Wildman–Crippen MR) is 152 cm³/mol. The maximum Gasteiger partial charge on any atom is 0.244 e. The molecule has 0 heterocycles. The largest absolute Gasteiger partial charge is 0.354 e. The normalized spacial score (nSPS) is 12.0. The maximum atomic E-state index is 14.0. The molecule has 3 rings (SSSR count). The number of aryl methyl sites for hydroxylation is 1. The summed E-state index contributed by atoms with van der Waals surface area (Å²) in [6.07, 6.45) is 2.97. The molecule has 3 aromatic rings. The van der Waals surface area contributed by atoms with Gasteiger partial charge in [-0.25, -0.2) is 8.42 Å². The third kappa shape index (κ3) is 8.18. The summed E-state index contributed by atoms with van der Waals surface area (Å²) < 4.78 is 26.7. The minimum absolute atomic E-state index is 0.170. The molecule has 0 aliphatic rings. The van der Waals surface area contributed by atoms with Gasteiger partial charge in [-0.3, -0.25) is 13.9 Å². The summed E-state index contributed by atoms with van der Waals surface area (Å²) in [4.78, 5) is 28.9.